The van der Waals surface area contributed by atoms with E-state index < -0.39 is 10.0 Å². The number of benzene rings is 1. The first-order chi connectivity index (χ1) is 13.5. The molecule has 0 saturated carbocycles. The third kappa shape index (κ3) is 5.36. The summed E-state index contributed by atoms with van der Waals surface area (Å²) in [4.78, 5) is 25.7. The minimum atomic E-state index is -3.70. The second-order valence-corrected chi connectivity index (χ2v) is 9.65. The highest BCUT2D eigenvalue weighted by molar-refractivity contribution is 7.89. The minimum absolute atomic E-state index is 0.0293. The van der Waals surface area contributed by atoms with E-state index in [-0.39, 0.29) is 30.8 Å². The molecule has 1 aromatic rings. The molecule has 29 heavy (non-hydrogen) atoms. The maximum absolute atomic E-state index is 12.9. The molecule has 2 rings (SSSR count). The third-order valence-electron chi connectivity index (χ3n) is 6.15. The van der Waals surface area contributed by atoms with Crippen LogP contribution in [-0.4, -0.2) is 50.8 Å². The van der Waals surface area contributed by atoms with Gasteiger partial charge in [0.05, 0.1) is 4.90 Å². The zero-order valence-electron chi connectivity index (χ0n) is 18.3. The van der Waals surface area contributed by atoms with Crippen LogP contribution in [0.1, 0.15) is 54.0 Å². The molecule has 1 fully saturated rings. The van der Waals surface area contributed by atoms with Gasteiger partial charge in [-0.15, -0.1) is 0 Å². The van der Waals surface area contributed by atoms with Crippen LogP contribution in [0.25, 0.3) is 0 Å². The van der Waals surface area contributed by atoms with Crippen LogP contribution in [0.4, 0.5) is 0 Å². The molecule has 162 valence electrons. The van der Waals surface area contributed by atoms with Gasteiger partial charge in [-0.05, 0) is 75.3 Å². The number of likely N-dealkylation sites (tertiary alicyclic amines) is 1. The van der Waals surface area contributed by atoms with Crippen molar-refractivity contribution in [3.05, 3.63) is 27.8 Å². The van der Waals surface area contributed by atoms with Gasteiger partial charge in [0.15, 0.2) is 0 Å². The van der Waals surface area contributed by atoms with E-state index in [2.05, 4.69) is 10.0 Å². The van der Waals surface area contributed by atoms with E-state index in [0.717, 1.165) is 40.7 Å². The molecule has 0 aliphatic carbocycles. The summed E-state index contributed by atoms with van der Waals surface area (Å²) in [6, 6.07) is 0.0293. The second-order valence-electron chi connectivity index (χ2n) is 7.95. The van der Waals surface area contributed by atoms with Crippen LogP contribution in [0.3, 0.4) is 0 Å². The zero-order valence-corrected chi connectivity index (χ0v) is 19.1. The topological polar surface area (TPSA) is 95.6 Å². The van der Waals surface area contributed by atoms with Crippen molar-refractivity contribution in [3.63, 3.8) is 0 Å². The molecule has 1 aliphatic rings. The minimum Gasteiger partial charge on any atom is -0.353 e. The Morgan fingerprint density at radius 2 is 1.41 bits per heavy atom. The number of nitrogens with zero attached hydrogens (tertiary/aromatic N) is 1. The van der Waals surface area contributed by atoms with Gasteiger partial charge in [0.2, 0.25) is 21.8 Å². The van der Waals surface area contributed by atoms with Crippen LogP contribution < -0.4 is 10.0 Å². The first-order valence-corrected chi connectivity index (χ1v) is 11.6. The molecule has 0 aromatic heterocycles. The Balaban J connectivity index is 1.94. The summed E-state index contributed by atoms with van der Waals surface area (Å²) in [5, 5.41) is 2.94. The summed E-state index contributed by atoms with van der Waals surface area (Å²) in [6.45, 7) is 12.4. The molecule has 2 N–H and O–H groups in total. The van der Waals surface area contributed by atoms with Gasteiger partial charge in [-0.2, -0.15) is 0 Å². The molecule has 1 heterocycles. The van der Waals surface area contributed by atoms with Gasteiger partial charge in [-0.25, -0.2) is 13.1 Å². The summed E-state index contributed by atoms with van der Waals surface area (Å²) in [5.74, 6) is -0.130. The Labute approximate surface area is 174 Å². The number of sulfonamides is 1. The second kappa shape index (κ2) is 9.26. The number of nitrogens with one attached hydrogen (secondary N) is 2. The summed E-state index contributed by atoms with van der Waals surface area (Å²) >= 11 is 0. The maximum Gasteiger partial charge on any atom is 0.241 e. The van der Waals surface area contributed by atoms with Crippen LogP contribution in [0.5, 0.6) is 0 Å². The first kappa shape index (κ1) is 23.3. The molecule has 0 unspecified atom stereocenters. The van der Waals surface area contributed by atoms with E-state index in [0.29, 0.717) is 18.0 Å². The highest BCUT2D eigenvalue weighted by Gasteiger charge is 2.24. The fraction of sp³-hybridized carbons (Fsp3) is 0.619. The average molecular weight is 424 g/mol. The highest BCUT2D eigenvalue weighted by Crippen LogP contribution is 2.29. The quantitative estimate of drug-likeness (QED) is 0.732. The van der Waals surface area contributed by atoms with E-state index in [1.165, 1.54) is 0 Å². The van der Waals surface area contributed by atoms with Crippen molar-refractivity contribution in [1.29, 1.82) is 0 Å². The van der Waals surface area contributed by atoms with Crippen LogP contribution >= 0.6 is 0 Å². The Kier molecular flexibility index (Phi) is 7.45. The molecular weight excluding hydrogens is 390 g/mol. The van der Waals surface area contributed by atoms with Crippen molar-refractivity contribution < 1.29 is 18.0 Å². The average Bonchev–Trinajstić information content (AvgIpc) is 2.65. The fourth-order valence-corrected chi connectivity index (χ4v) is 5.51. The van der Waals surface area contributed by atoms with Crippen LogP contribution in [-0.2, 0) is 19.6 Å². The van der Waals surface area contributed by atoms with Gasteiger partial charge in [-0.3, -0.25) is 9.59 Å². The Morgan fingerprint density at radius 1 is 0.931 bits per heavy atom. The third-order valence-corrected chi connectivity index (χ3v) is 7.88. The van der Waals surface area contributed by atoms with Gasteiger partial charge in [0.25, 0.3) is 0 Å². The van der Waals surface area contributed by atoms with Gasteiger partial charge in [0.1, 0.15) is 0 Å². The number of carbonyl (C=O) groups excluding carboxylic acids is 2. The lowest BCUT2D eigenvalue weighted by Gasteiger charge is -2.31. The number of hydrogen-bond acceptors (Lipinski definition) is 4. The van der Waals surface area contributed by atoms with Gasteiger partial charge < -0.3 is 10.2 Å². The molecule has 1 saturated heterocycles. The normalized spacial score (nSPS) is 15.4. The molecule has 0 spiro atoms. The number of piperidine rings is 1. The Hall–Kier alpha value is -1.93. The standard InChI is InChI=1S/C21H33N3O4S/c1-13-14(2)16(4)21(17(5)15(13)3)29(27,28)22-10-7-20(26)23-19-8-11-24(12-9-19)18(6)25/h19,22H,7-12H2,1-6H3,(H,23,26). The summed E-state index contributed by atoms with van der Waals surface area (Å²) in [5.41, 5.74) is 4.56. The van der Waals surface area contributed by atoms with E-state index >= 15 is 0 Å². The van der Waals surface area contributed by atoms with Crippen molar-refractivity contribution >= 4 is 21.8 Å². The van der Waals surface area contributed by atoms with Crippen LogP contribution in [0, 0.1) is 34.6 Å². The fourth-order valence-electron chi connectivity index (χ4n) is 3.88. The number of carbonyl (C=O) groups is 2. The van der Waals surface area contributed by atoms with E-state index in [1.807, 2.05) is 34.6 Å². The molecule has 0 bridgehead atoms. The zero-order chi connectivity index (χ0) is 21.9. The van der Waals surface area contributed by atoms with Crippen molar-refractivity contribution in [2.45, 2.75) is 71.7 Å². The largest absolute Gasteiger partial charge is 0.353 e. The van der Waals surface area contributed by atoms with Crippen molar-refractivity contribution in [2.75, 3.05) is 19.6 Å². The predicted molar refractivity (Wildman–Crippen MR) is 113 cm³/mol. The molecular formula is C21H33N3O4S. The number of rotatable bonds is 6. The van der Waals surface area contributed by atoms with Gasteiger partial charge in [0, 0.05) is 39.0 Å². The molecule has 0 radical (unpaired) electrons. The Morgan fingerprint density at radius 3 is 1.90 bits per heavy atom. The molecule has 7 nitrogen and oxygen atoms in total. The van der Waals surface area contributed by atoms with E-state index in [1.54, 1.807) is 11.8 Å². The lowest BCUT2D eigenvalue weighted by Crippen LogP contribution is -2.46. The molecule has 0 atom stereocenters. The molecule has 1 aliphatic heterocycles. The van der Waals surface area contributed by atoms with Crippen molar-refractivity contribution in [1.82, 2.24) is 14.9 Å². The van der Waals surface area contributed by atoms with Crippen molar-refractivity contribution in [3.8, 4) is 0 Å². The first-order valence-electron chi connectivity index (χ1n) is 10.1. The maximum atomic E-state index is 12.9. The monoisotopic (exact) mass is 423 g/mol. The van der Waals surface area contributed by atoms with Crippen LogP contribution in [0.15, 0.2) is 4.90 Å². The molecule has 1 aromatic carbocycles. The predicted octanol–water partition coefficient (Wildman–Crippen LogP) is 2.02. The van der Waals surface area contributed by atoms with E-state index in [4.69, 9.17) is 0 Å². The summed E-state index contributed by atoms with van der Waals surface area (Å²) < 4.78 is 28.3. The summed E-state index contributed by atoms with van der Waals surface area (Å²) in [7, 11) is -3.70. The van der Waals surface area contributed by atoms with Crippen molar-refractivity contribution in [2.24, 2.45) is 0 Å². The SMILES string of the molecule is CC(=O)N1CCC(NC(=O)CCNS(=O)(=O)c2c(C)c(C)c(C)c(C)c2C)CC1. The highest BCUT2D eigenvalue weighted by atomic mass is 32.2. The Bertz CT molecular complexity index is 872. The number of amides is 2. The summed E-state index contributed by atoms with van der Waals surface area (Å²) in [6.07, 6.45) is 1.52. The lowest BCUT2D eigenvalue weighted by molar-refractivity contribution is -0.130. The van der Waals surface area contributed by atoms with Gasteiger partial charge >= 0.3 is 0 Å². The number of hydrogen-bond donors (Lipinski definition) is 2. The lowest BCUT2D eigenvalue weighted by atomic mass is 9.95. The molecule has 2 amide bonds. The van der Waals surface area contributed by atoms with E-state index in [9.17, 15) is 18.0 Å². The van der Waals surface area contributed by atoms with Crippen LogP contribution in [0.2, 0.25) is 0 Å². The van der Waals surface area contributed by atoms with Gasteiger partial charge in [-0.1, -0.05) is 0 Å². The molecule has 8 heteroatoms. The smallest absolute Gasteiger partial charge is 0.241 e.